The van der Waals surface area contributed by atoms with Gasteiger partial charge < -0.3 is 15.3 Å². The Labute approximate surface area is 133 Å². The van der Waals surface area contributed by atoms with Crippen molar-refractivity contribution in [2.75, 3.05) is 26.7 Å². The van der Waals surface area contributed by atoms with E-state index >= 15 is 0 Å². The Balaban J connectivity index is 1.92. The average Bonchev–Trinajstić information content (AvgIpc) is 2.51. The van der Waals surface area contributed by atoms with Gasteiger partial charge in [0.05, 0.1) is 17.6 Å². The van der Waals surface area contributed by atoms with Crippen LogP contribution in [0, 0.1) is 5.92 Å². The lowest BCUT2D eigenvalue weighted by atomic mass is 9.97. The number of hydrogen-bond acceptors (Lipinski definition) is 3. The molecule has 0 aliphatic carbocycles. The Kier molecular flexibility index (Phi) is 5.64. The largest absolute Gasteiger partial charge is 0.416 e. The molecule has 1 fully saturated rings. The van der Waals surface area contributed by atoms with E-state index in [1.165, 1.54) is 12.1 Å². The maximum absolute atomic E-state index is 12.7. The molecule has 0 aromatic heterocycles. The van der Waals surface area contributed by atoms with E-state index in [1.54, 1.807) is 0 Å². The third-order valence-electron chi connectivity index (χ3n) is 4.06. The number of amides is 1. The van der Waals surface area contributed by atoms with Gasteiger partial charge in [-0.1, -0.05) is 12.1 Å². The standard InChI is InChI=1S/C16H21F3N2O2/c1-21-7-3-5-12(10-21)15(23)20-9-14(22)11-4-2-6-13(8-11)16(17,18)19/h2,4,6,8,12,14,22H,3,5,7,9-10H2,1H3,(H,20,23). The molecule has 0 radical (unpaired) electrons. The molecular weight excluding hydrogens is 309 g/mol. The highest BCUT2D eigenvalue weighted by Crippen LogP contribution is 2.30. The Hall–Kier alpha value is -1.60. The zero-order chi connectivity index (χ0) is 17.0. The van der Waals surface area contributed by atoms with Crippen LogP contribution in [0.1, 0.15) is 30.1 Å². The van der Waals surface area contributed by atoms with Crippen LogP contribution in [0.5, 0.6) is 0 Å². The molecule has 2 N–H and O–H groups in total. The van der Waals surface area contributed by atoms with Crippen molar-refractivity contribution in [1.82, 2.24) is 10.2 Å². The van der Waals surface area contributed by atoms with Crippen LogP contribution < -0.4 is 5.32 Å². The molecule has 4 nitrogen and oxygen atoms in total. The van der Waals surface area contributed by atoms with Gasteiger partial charge in [0.1, 0.15) is 0 Å². The Morgan fingerprint density at radius 1 is 1.48 bits per heavy atom. The fraction of sp³-hybridized carbons (Fsp3) is 0.562. The van der Waals surface area contributed by atoms with E-state index in [0.717, 1.165) is 31.5 Å². The van der Waals surface area contributed by atoms with E-state index in [0.29, 0.717) is 6.54 Å². The van der Waals surface area contributed by atoms with Gasteiger partial charge in [-0.25, -0.2) is 0 Å². The first-order chi connectivity index (χ1) is 10.8. The topological polar surface area (TPSA) is 52.6 Å². The quantitative estimate of drug-likeness (QED) is 0.890. The maximum atomic E-state index is 12.7. The third kappa shape index (κ3) is 4.94. The average molecular weight is 330 g/mol. The fourth-order valence-corrected chi connectivity index (χ4v) is 2.76. The predicted molar refractivity (Wildman–Crippen MR) is 79.6 cm³/mol. The van der Waals surface area contributed by atoms with E-state index < -0.39 is 17.8 Å². The molecule has 0 saturated carbocycles. The minimum Gasteiger partial charge on any atom is -0.387 e. The van der Waals surface area contributed by atoms with Gasteiger partial charge in [0.2, 0.25) is 5.91 Å². The second-order valence-corrected chi connectivity index (χ2v) is 5.99. The second kappa shape index (κ2) is 7.31. The van der Waals surface area contributed by atoms with E-state index in [4.69, 9.17) is 0 Å². The number of aliphatic hydroxyl groups is 1. The Morgan fingerprint density at radius 3 is 2.87 bits per heavy atom. The number of nitrogens with one attached hydrogen (secondary N) is 1. The highest BCUT2D eigenvalue weighted by molar-refractivity contribution is 5.79. The number of aliphatic hydroxyl groups excluding tert-OH is 1. The zero-order valence-electron chi connectivity index (χ0n) is 12.9. The van der Waals surface area contributed by atoms with Gasteiger partial charge in [0.25, 0.3) is 0 Å². The summed E-state index contributed by atoms with van der Waals surface area (Å²) in [5.41, 5.74) is -0.671. The molecule has 7 heteroatoms. The van der Waals surface area contributed by atoms with Crippen molar-refractivity contribution in [2.45, 2.75) is 25.1 Å². The molecule has 1 amide bonds. The van der Waals surface area contributed by atoms with Gasteiger partial charge in [0, 0.05) is 13.1 Å². The van der Waals surface area contributed by atoms with E-state index in [9.17, 15) is 23.1 Å². The van der Waals surface area contributed by atoms with Crippen LogP contribution in [-0.2, 0) is 11.0 Å². The first kappa shape index (κ1) is 17.7. The van der Waals surface area contributed by atoms with E-state index in [1.807, 2.05) is 7.05 Å². The summed E-state index contributed by atoms with van der Waals surface area (Å²) < 4.78 is 38.0. The summed E-state index contributed by atoms with van der Waals surface area (Å²) >= 11 is 0. The van der Waals surface area contributed by atoms with Crippen molar-refractivity contribution in [1.29, 1.82) is 0 Å². The van der Waals surface area contributed by atoms with Crippen LogP contribution in [0.15, 0.2) is 24.3 Å². The number of piperidine rings is 1. The van der Waals surface area contributed by atoms with Crippen molar-refractivity contribution >= 4 is 5.91 Å². The Morgan fingerprint density at radius 2 is 2.22 bits per heavy atom. The predicted octanol–water partition coefficient (Wildman–Crippen LogP) is 2.20. The molecule has 2 atom stereocenters. The van der Waals surface area contributed by atoms with Crippen LogP contribution in [0.25, 0.3) is 0 Å². The highest BCUT2D eigenvalue weighted by atomic mass is 19.4. The highest BCUT2D eigenvalue weighted by Gasteiger charge is 2.31. The summed E-state index contributed by atoms with van der Waals surface area (Å²) in [6, 6.07) is 4.53. The minimum absolute atomic E-state index is 0.0969. The molecule has 2 unspecified atom stereocenters. The number of rotatable bonds is 4. The van der Waals surface area contributed by atoms with Crippen molar-refractivity contribution in [3.8, 4) is 0 Å². The number of alkyl halides is 3. The molecule has 2 rings (SSSR count). The van der Waals surface area contributed by atoms with Crippen LogP contribution in [0.2, 0.25) is 0 Å². The van der Waals surface area contributed by atoms with Crippen LogP contribution >= 0.6 is 0 Å². The number of carbonyl (C=O) groups is 1. The van der Waals surface area contributed by atoms with Gasteiger partial charge in [-0.15, -0.1) is 0 Å². The smallest absolute Gasteiger partial charge is 0.387 e. The van der Waals surface area contributed by atoms with E-state index in [2.05, 4.69) is 10.2 Å². The lowest BCUT2D eigenvalue weighted by Crippen LogP contribution is -2.42. The SMILES string of the molecule is CN1CCCC(C(=O)NCC(O)c2cccc(C(F)(F)F)c2)C1. The first-order valence-corrected chi connectivity index (χ1v) is 7.59. The zero-order valence-corrected chi connectivity index (χ0v) is 12.9. The number of nitrogens with zero attached hydrogens (tertiary/aromatic N) is 1. The van der Waals surface area contributed by atoms with Gasteiger partial charge in [0.15, 0.2) is 0 Å². The lowest BCUT2D eigenvalue weighted by Gasteiger charge is -2.29. The minimum atomic E-state index is -4.45. The number of carbonyl (C=O) groups excluding carboxylic acids is 1. The van der Waals surface area contributed by atoms with Crippen LogP contribution in [0.3, 0.4) is 0 Å². The summed E-state index contributed by atoms with van der Waals surface area (Å²) in [6.45, 7) is 1.52. The molecular formula is C16H21F3N2O2. The van der Waals surface area contributed by atoms with Crippen LogP contribution in [0.4, 0.5) is 13.2 Å². The number of halogens is 3. The summed E-state index contributed by atoms with van der Waals surface area (Å²) in [5.74, 6) is -0.301. The summed E-state index contributed by atoms with van der Waals surface area (Å²) in [7, 11) is 1.94. The number of likely N-dealkylation sites (tertiary alicyclic amines) is 1. The third-order valence-corrected chi connectivity index (χ3v) is 4.06. The molecule has 23 heavy (non-hydrogen) atoms. The lowest BCUT2D eigenvalue weighted by molar-refractivity contribution is -0.137. The summed E-state index contributed by atoms with van der Waals surface area (Å²) in [4.78, 5) is 14.1. The molecule has 1 aliphatic heterocycles. The van der Waals surface area contributed by atoms with Crippen molar-refractivity contribution in [2.24, 2.45) is 5.92 Å². The molecule has 1 aliphatic rings. The molecule has 1 aromatic carbocycles. The summed E-state index contributed by atoms with van der Waals surface area (Å²) in [5, 5.41) is 12.6. The van der Waals surface area contributed by atoms with Gasteiger partial charge in [-0.3, -0.25) is 4.79 Å². The monoisotopic (exact) mass is 330 g/mol. The van der Waals surface area contributed by atoms with Crippen molar-refractivity contribution < 1.29 is 23.1 Å². The summed E-state index contributed by atoms with van der Waals surface area (Å²) in [6.07, 6.45) is -3.89. The fourth-order valence-electron chi connectivity index (χ4n) is 2.76. The molecule has 128 valence electrons. The van der Waals surface area contributed by atoms with Gasteiger partial charge in [-0.05, 0) is 44.1 Å². The van der Waals surface area contributed by atoms with Gasteiger partial charge >= 0.3 is 6.18 Å². The van der Waals surface area contributed by atoms with Gasteiger partial charge in [-0.2, -0.15) is 13.2 Å². The number of hydrogen-bond donors (Lipinski definition) is 2. The molecule has 1 aromatic rings. The molecule has 0 spiro atoms. The molecule has 1 saturated heterocycles. The van der Waals surface area contributed by atoms with Crippen molar-refractivity contribution in [3.63, 3.8) is 0 Å². The Bertz CT molecular complexity index is 548. The molecule has 0 bridgehead atoms. The molecule has 1 heterocycles. The first-order valence-electron chi connectivity index (χ1n) is 7.59. The van der Waals surface area contributed by atoms with Crippen LogP contribution in [-0.4, -0.2) is 42.6 Å². The second-order valence-electron chi connectivity index (χ2n) is 5.99. The van der Waals surface area contributed by atoms with E-state index in [-0.39, 0.29) is 23.9 Å². The maximum Gasteiger partial charge on any atom is 0.416 e. The number of benzene rings is 1. The normalized spacial score (nSPS) is 21.0. The van der Waals surface area contributed by atoms with Crippen molar-refractivity contribution in [3.05, 3.63) is 35.4 Å².